The number of carbonyl (C=O) groups excluding carboxylic acids is 10. The summed E-state index contributed by atoms with van der Waals surface area (Å²) in [4.78, 5) is 134. The summed E-state index contributed by atoms with van der Waals surface area (Å²) in [6.45, 7) is 10.0. The Hall–Kier alpha value is -9.20. The van der Waals surface area contributed by atoms with E-state index in [1.54, 1.807) is 19.6 Å². The van der Waals surface area contributed by atoms with Gasteiger partial charge in [0.2, 0.25) is 53.2 Å². The van der Waals surface area contributed by atoms with Gasteiger partial charge in [0.25, 0.3) is 0 Å². The normalized spacial score (nSPS) is 25.1. The molecule has 0 radical (unpaired) electrons. The third-order valence-electron chi connectivity index (χ3n) is 22.1. The monoisotopic (exact) mass is 1460 g/mol. The standard InChI is InChI=1S/C19H26N2O2.4C16H21N3O2/c1-14(15-7-3-2-4-8-15)13-18(22)17-10-6-12-21(17)19(23)16-9-5-11-20-16;4*20-15(18-12-6-2-1-3-7-12)14-9-5-11-19(14)16(21)13-8-4-10-17-13/h2-4,7-8,14,16-17,20H,5-6,9-13H2,1H3;4*1-3,6-7,13-14,17H,4-5,8-11H2,(H,18,20)/t14?,16-,17?;4*13-,14?/m11100/s1. The van der Waals surface area contributed by atoms with E-state index in [1.165, 1.54) is 5.56 Å². The van der Waals surface area contributed by atoms with Crippen LogP contribution >= 0.6 is 0 Å². The zero-order valence-electron chi connectivity index (χ0n) is 62.0. The van der Waals surface area contributed by atoms with Crippen LogP contribution in [-0.2, 0) is 47.9 Å². The highest BCUT2D eigenvalue weighted by molar-refractivity contribution is 6.01. The number of nitrogens with zero attached hydrogens (tertiary/aromatic N) is 5. The summed E-state index contributed by atoms with van der Waals surface area (Å²) in [7, 11) is 0. The van der Waals surface area contributed by atoms with E-state index in [4.69, 9.17) is 0 Å². The second kappa shape index (κ2) is 40.1. The molecule has 15 rings (SSSR count). The molecule has 11 atom stereocenters. The van der Waals surface area contributed by atoms with Gasteiger partial charge in [-0.1, -0.05) is 110 Å². The van der Waals surface area contributed by atoms with Crippen molar-refractivity contribution in [2.24, 2.45) is 0 Å². The van der Waals surface area contributed by atoms with Crippen LogP contribution in [0.3, 0.4) is 0 Å². The van der Waals surface area contributed by atoms with Crippen molar-refractivity contribution in [3.8, 4) is 0 Å². The van der Waals surface area contributed by atoms with Gasteiger partial charge in [-0.15, -0.1) is 0 Å². The zero-order valence-corrected chi connectivity index (χ0v) is 62.0. The first kappa shape index (κ1) is 78.9. The molecule has 5 aromatic rings. The fourth-order valence-electron chi connectivity index (χ4n) is 16.4. The van der Waals surface area contributed by atoms with E-state index in [-0.39, 0.29) is 125 Å². The Bertz CT molecular complexity index is 3340. The van der Waals surface area contributed by atoms with Crippen LogP contribution in [0.5, 0.6) is 0 Å². The SMILES string of the molecule is CC(CC(=O)C1CCCN1C(=O)[C@H]1CCCN1)c1ccccc1.O=C(Nc1ccccc1)C1CCCN1C(=O)[C@@H]1CCCN1.O=C(Nc1ccccc1)C1CCCN1C(=O)[C@@H]1CCCN1.O=C(Nc1ccccc1)C1CCCN1C(=O)[C@H]1CCCN1.O=C(Nc1ccccc1)C1CCCN1C(=O)[C@H]1CCCN1. The topological polar surface area (TPSA) is 295 Å². The lowest BCUT2D eigenvalue weighted by Crippen LogP contribution is -2.49. The third kappa shape index (κ3) is 21.8. The lowest BCUT2D eigenvalue weighted by atomic mass is 9.92. The van der Waals surface area contributed by atoms with E-state index in [2.05, 4.69) is 66.9 Å². The number of hydrogen-bond acceptors (Lipinski definition) is 15. The van der Waals surface area contributed by atoms with Gasteiger partial charge in [-0.25, -0.2) is 0 Å². The molecule has 0 aromatic heterocycles. The highest BCUT2D eigenvalue weighted by Crippen LogP contribution is 2.30. The van der Waals surface area contributed by atoms with E-state index in [0.717, 1.165) is 190 Å². The molecule has 0 spiro atoms. The molecule has 5 aromatic carbocycles. The van der Waals surface area contributed by atoms with Gasteiger partial charge in [-0.3, -0.25) is 47.9 Å². The number of para-hydroxylation sites is 4. The van der Waals surface area contributed by atoms with E-state index in [1.807, 2.05) is 144 Å². The van der Waals surface area contributed by atoms with Gasteiger partial charge < -0.3 is 72.4 Å². The summed E-state index contributed by atoms with van der Waals surface area (Å²) in [6, 6.07) is 45.7. The Labute approximate surface area is 629 Å². The van der Waals surface area contributed by atoms with Gasteiger partial charge in [0.15, 0.2) is 5.78 Å². The van der Waals surface area contributed by atoms with Crippen LogP contribution in [0.4, 0.5) is 22.7 Å². The second-order valence-electron chi connectivity index (χ2n) is 29.6. The van der Waals surface area contributed by atoms with Crippen molar-refractivity contribution in [1.29, 1.82) is 0 Å². The molecule has 10 aliphatic heterocycles. The summed E-state index contributed by atoms with van der Waals surface area (Å²) in [5.41, 5.74) is 4.30. The van der Waals surface area contributed by atoms with Gasteiger partial charge >= 0.3 is 0 Å². The molecule has 0 bridgehead atoms. The van der Waals surface area contributed by atoms with E-state index in [9.17, 15) is 47.9 Å². The number of likely N-dealkylation sites (tertiary alicyclic amines) is 5. The van der Waals surface area contributed by atoms with Crippen LogP contribution in [0.15, 0.2) is 152 Å². The summed E-state index contributed by atoms with van der Waals surface area (Å²) in [6.07, 6.45) is 18.4. The minimum atomic E-state index is -0.333. The Kier molecular flexibility index (Phi) is 29.6. The number of carbonyl (C=O) groups is 10. The number of nitrogens with one attached hydrogen (secondary N) is 9. The third-order valence-corrected chi connectivity index (χ3v) is 22.1. The molecule has 10 saturated heterocycles. The number of anilines is 4. The summed E-state index contributed by atoms with van der Waals surface area (Å²) < 4.78 is 0. The molecule has 0 aliphatic carbocycles. The molecule has 9 N–H and O–H groups in total. The van der Waals surface area contributed by atoms with Crippen molar-refractivity contribution in [3.05, 3.63) is 157 Å². The summed E-state index contributed by atoms with van der Waals surface area (Å²) in [5.74, 6) is 0.555. The number of amides is 9. The predicted molar refractivity (Wildman–Crippen MR) is 414 cm³/mol. The number of Topliss-reactive ketones (excluding diaryl/α,β-unsaturated/α-hetero) is 1. The van der Waals surface area contributed by atoms with Crippen molar-refractivity contribution in [2.75, 3.05) is 86.7 Å². The average molecular weight is 1460 g/mol. The average Bonchev–Trinajstić information content (AvgIpc) is 1.74. The molecule has 9 amide bonds. The van der Waals surface area contributed by atoms with Crippen molar-refractivity contribution >= 4 is 81.7 Å². The zero-order chi connectivity index (χ0) is 74.9. The van der Waals surface area contributed by atoms with Crippen LogP contribution in [0, 0.1) is 0 Å². The maximum Gasteiger partial charge on any atom is 0.247 e. The number of rotatable bonds is 17. The van der Waals surface area contributed by atoms with Crippen LogP contribution in [0.1, 0.15) is 153 Å². The first-order chi connectivity index (χ1) is 52.2. The van der Waals surface area contributed by atoms with Crippen LogP contribution in [0.25, 0.3) is 0 Å². The van der Waals surface area contributed by atoms with Gasteiger partial charge in [0, 0.05) is 61.9 Å². The molecule has 10 fully saturated rings. The molecule has 24 nitrogen and oxygen atoms in total. The van der Waals surface area contributed by atoms with Gasteiger partial charge in [-0.05, 0) is 221 Å². The number of hydrogen-bond donors (Lipinski definition) is 9. The minimum Gasteiger partial charge on any atom is -0.331 e. The predicted octanol–water partition coefficient (Wildman–Crippen LogP) is 7.96. The number of ketones is 1. The number of benzene rings is 5. The van der Waals surface area contributed by atoms with Gasteiger partial charge in [0.1, 0.15) is 24.2 Å². The molecular weight excluding hydrogens is 1350 g/mol. The molecule has 10 heterocycles. The Morgan fingerprint density at radius 1 is 0.299 bits per heavy atom. The fraction of sp³-hybridized carbons (Fsp3) is 0.518. The lowest BCUT2D eigenvalue weighted by molar-refractivity contribution is -0.139. The first-order valence-electron chi connectivity index (χ1n) is 39.4. The quantitative estimate of drug-likeness (QED) is 0.0427. The first-order valence-corrected chi connectivity index (χ1v) is 39.4. The van der Waals surface area contributed by atoms with Gasteiger partial charge in [0.05, 0.1) is 36.3 Å². The Morgan fingerprint density at radius 3 is 0.738 bits per heavy atom. The fourth-order valence-corrected chi connectivity index (χ4v) is 16.4. The molecule has 24 heteroatoms. The molecule has 572 valence electrons. The largest absolute Gasteiger partial charge is 0.331 e. The lowest BCUT2D eigenvalue weighted by Gasteiger charge is -2.27. The van der Waals surface area contributed by atoms with Crippen molar-refractivity contribution in [3.63, 3.8) is 0 Å². The highest BCUT2D eigenvalue weighted by Gasteiger charge is 2.43. The van der Waals surface area contributed by atoms with E-state index in [0.29, 0.717) is 32.6 Å². The minimum absolute atomic E-state index is 0.0741. The Morgan fingerprint density at radius 2 is 0.514 bits per heavy atom. The summed E-state index contributed by atoms with van der Waals surface area (Å²) in [5, 5.41) is 27.8. The molecule has 10 aliphatic rings. The Balaban J connectivity index is 0.000000133. The smallest absolute Gasteiger partial charge is 0.247 e. The van der Waals surface area contributed by atoms with Crippen molar-refractivity contribution in [2.45, 2.75) is 208 Å². The molecule has 6 unspecified atom stereocenters. The summed E-state index contributed by atoms with van der Waals surface area (Å²) >= 11 is 0. The van der Waals surface area contributed by atoms with E-state index < -0.39 is 0 Å². The molecule has 107 heavy (non-hydrogen) atoms. The van der Waals surface area contributed by atoms with Crippen molar-refractivity contribution < 1.29 is 47.9 Å². The highest BCUT2D eigenvalue weighted by atomic mass is 16.2. The van der Waals surface area contributed by atoms with E-state index >= 15 is 0 Å². The maximum atomic E-state index is 12.7. The van der Waals surface area contributed by atoms with Crippen LogP contribution < -0.4 is 47.9 Å². The molecular formula is C83H110N14O10. The van der Waals surface area contributed by atoms with Crippen molar-refractivity contribution in [1.82, 2.24) is 51.1 Å². The molecule has 0 saturated carbocycles. The van der Waals surface area contributed by atoms with Crippen LogP contribution in [-0.4, -0.2) is 209 Å². The second-order valence-corrected chi connectivity index (χ2v) is 29.6. The van der Waals surface area contributed by atoms with Crippen LogP contribution in [0.2, 0.25) is 0 Å². The maximum absolute atomic E-state index is 12.7. The van der Waals surface area contributed by atoms with Gasteiger partial charge in [-0.2, -0.15) is 0 Å².